The monoisotopic (exact) mass is 183 g/mol. The van der Waals surface area contributed by atoms with E-state index in [1.54, 1.807) is 0 Å². The average molecular weight is 183 g/mol. The van der Waals surface area contributed by atoms with Crippen LogP contribution in [0.5, 0.6) is 0 Å². The fourth-order valence-corrected chi connectivity index (χ4v) is 3.11. The van der Waals surface area contributed by atoms with E-state index in [1.165, 1.54) is 32.1 Å². The van der Waals surface area contributed by atoms with Crippen LogP contribution in [-0.2, 0) is 0 Å². The van der Waals surface area contributed by atoms with Crippen molar-refractivity contribution in [1.29, 1.82) is 0 Å². The third kappa shape index (κ3) is 1.75. The molecular formula is C11H21NO. The predicted octanol–water partition coefficient (Wildman–Crippen LogP) is 1.68. The van der Waals surface area contributed by atoms with Crippen LogP contribution in [0.1, 0.15) is 45.4 Å². The third-order valence-electron chi connectivity index (χ3n) is 4.02. The number of aliphatic hydroxyl groups excluding tert-OH is 1. The van der Waals surface area contributed by atoms with Gasteiger partial charge in [-0.05, 0) is 38.5 Å². The van der Waals surface area contributed by atoms with Gasteiger partial charge in [0.25, 0.3) is 0 Å². The van der Waals surface area contributed by atoms with Gasteiger partial charge in [0.1, 0.15) is 0 Å². The van der Waals surface area contributed by atoms with Crippen LogP contribution in [0.3, 0.4) is 0 Å². The first-order chi connectivity index (χ1) is 6.24. The molecule has 0 aromatic rings. The maximum absolute atomic E-state index is 9.08. The maximum Gasteiger partial charge on any atom is 0.0584 e. The molecular weight excluding hydrogens is 162 g/mol. The zero-order chi connectivity index (χ0) is 9.31. The standard InChI is InChI=1S/C11H21NO/c1-11(9-4-2-3-5-9)7-6-10(8-13)12-11/h9-10,12-13H,2-8H2,1H3. The second-order valence-electron chi connectivity index (χ2n) is 4.96. The fraction of sp³-hybridized carbons (Fsp3) is 1.00. The van der Waals surface area contributed by atoms with Crippen LogP contribution in [0.2, 0.25) is 0 Å². The van der Waals surface area contributed by atoms with Crippen molar-refractivity contribution in [1.82, 2.24) is 5.32 Å². The van der Waals surface area contributed by atoms with Gasteiger partial charge >= 0.3 is 0 Å². The topological polar surface area (TPSA) is 32.3 Å². The first-order valence-corrected chi connectivity index (χ1v) is 5.63. The number of aliphatic hydroxyl groups is 1. The Kier molecular flexibility index (Phi) is 2.61. The molecule has 2 heteroatoms. The van der Waals surface area contributed by atoms with Gasteiger partial charge in [0, 0.05) is 11.6 Å². The van der Waals surface area contributed by atoms with Crippen molar-refractivity contribution in [3.63, 3.8) is 0 Å². The Hall–Kier alpha value is -0.0800. The highest BCUT2D eigenvalue weighted by Crippen LogP contribution is 2.39. The molecule has 13 heavy (non-hydrogen) atoms. The van der Waals surface area contributed by atoms with E-state index in [0.717, 1.165) is 12.3 Å². The Morgan fingerprint density at radius 1 is 1.31 bits per heavy atom. The Morgan fingerprint density at radius 2 is 2.00 bits per heavy atom. The lowest BCUT2D eigenvalue weighted by Crippen LogP contribution is -2.46. The number of hydrogen-bond donors (Lipinski definition) is 2. The number of hydrogen-bond acceptors (Lipinski definition) is 2. The summed E-state index contributed by atoms with van der Waals surface area (Å²) in [6.45, 7) is 2.65. The SMILES string of the molecule is CC1(C2CCCC2)CCC(CO)N1. The summed E-state index contributed by atoms with van der Waals surface area (Å²) in [6, 6.07) is 0.366. The van der Waals surface area contributed by atoms with E-state index in [2.05, 4.69) is 12.2 Å². The molecule has 2 aliphatic rings. The molecule has 0 aromatic carbocycles. The van der Waals surface area contributed by atoms with E-state index in [9.17, 15) is 0 Å². The maximum atomic E-state index is 9.08. The van der Waals surface area contributed by atoms with Gasteiger partial charge in [-0.15, -0.1) is 0 Å². The van der Waals surface area contributed by atoms with Gasteiger partial charge in [-0.2, -0.15) is 0 Å². The Bertz CT molecular complexity index is 177. The van der Waals surface area contributed by atoms with Gasteiger partial charge in [0.2, 0.25) is 0 Å². The van der Waals surface area contributed by atoms with Gasteiger partial charge in [-0.3, -0.25) is 0 Å². The molecule has 1 heterocycles. The Labute approximate surface area is 80.7 Å². The first kappa shape index (κ1) is 9.47. The van der Waals surface area contributed by atoms with Crippen molar-refractivity contribution < 1.29 is 5.11 Å². The van der Waals surface area contributed by atoms with Crippen molar-refractivity contribution in [3.8, 4) is 0 Å². The van der Waals surface area contributed by atoms with E-state index >= 15 is 0 Å². The van der Waals surface area contributed by atoms with Crippen molar-refractivity contribution >= 4 is 0 Å². The summed E-state index contributed by atoms with van der Waals surface area (Å²) in [7, 11) is 0. The molecule has 0 radical (unpaired) electrons. The zero-order valence-electron chi connectivity index (χ0n) is 8.55. The molecule has 0 spiro atoms. The van der Waals surface area contributed by atoms with Crippen LogP contribution in [0, 0.1) is 5.92 Å². The summed E-state index contributed by atoms with van der Waals surface area (Å²) in [4.78, 5) is 0. The molecule has 2 nitrogen and oxygen atoms in total. The lowest BCUT2D eigenvalue weighted by Gasteiger charge is -2.32. The lowest BCUT2D eigenvalue weighted by molar-refractivity contribution is 0.214. The number of nitrogens with one attached hydrogen (secondary N) is 1. The molecule has 1 saturated carbocycles. The van der Waals surface area contributed by atoms with E-state index in [0.29, 0.717) is 18.2 Å². The molecule has 1 aliphatic carbocycles. The molecule has 2 unspecified atom stereocenters. The molecule has 0 aromatic heterocycles. The average Bonchev–Trinajstić information content (AvgIpc) is 2.72. The highest BCUT2D eigenvalue weighted by atomic mass is 16.3. The molecule has 2 rings (SSSR count). The molecule has 76 valence electrons. The van der Waals surface area contributed by atoms with Gasteiger partial charge in [0.15, 0.2) is 0 Å². The summed E-state index contributed by atoms with van der Waals surface area (Å²) in [5.74, 6) is 0.865. The summed E-state index contributed by atoms with van der Waals surface area (Å²) in [6.07, 6.45) is 8.01. The summed E-state index contributed by atoms with van der Waals surface area (Å²) in [5, 5.41) is 12.7. The molecule has 1 aliphatic heterocycles. The Morgan fingerprint density at radius 3 is 2.54 bits per heavy atom. The molecule has 1 saturated heterocycles. The van der Waals surface area contributed by atoms with E-state index in [4.69, 9.17) is 5.11 Å². The van der Waals surface area contributed by atoms with Crippen molar-refractivity contribution in [2.75, 3.05) is 6.61 Å². The van der Waals surface area contributed by atoms with Crippen molar-refractivity contribution in [2.45, 2.75) is 57.0 Å². The zero-order valence-corrected chi connectivity index (χ0v) is 8.55. The molecule has 2 atom stereocenters. The van der Waals surface area contributed by atoms with Gasteiger partial charge in [-0.1, -0.05) is 12.8 Å². The molecule has 2 fully saturated rings. The van der Waals surface area contributed by atoms with Crippen LogP contribution >= 0.6 is 0 Å². The van der Waals surface area contributed by atoms with Crippen molar-refractivity contribution in [3.05, 3.63) is 0 Å². The van der Waals surface area contributed by atoms with Crippen LogP contribution in [0.4, 0.5) is 0 Å². The highest BCUT2D eigenvalue weighted by molar-refractivity contribution is 4.99. The largest absolute Gasteiger partial charge is 0.395 e. The number of rotatable bonds is 2. The summed E-state index contributed by atoms with van der Waals surface area (Å²) < 4.78 is 0. The predicted molar refractivity (Wildman–Crippen MR) is 53.6 cm³/mol. The molecule has 0 amide bonds. The van der Waals surface area contributed by atoms with Crippen LogP contribution < -0.4 is 5.32 Å². The van der Waals surface area contributed by atoms with E-state index in [1.807, 2.05) is 0 Å². The highest BCUT2D eigenvalue weighted by Gasteiger charge is 2.41. The second kappa shape index (κ2) is 3.58. The summed E-state index contributed by atoms with van der Waals surface area (Å²) >= 11 is 0. The van der Waals surface area contributed by atoms with Crippen LogP contribution in [0.15, 0.2) is 0 Å². The fourth-order valence-electron chi connectivity index (χ4n) is 3.11. The second-order valence-corrected chi connectivity index (χ2v) is 4.96. The van der Waals surface area contributed by atoms with Gasteiger partial charge in [0.05, 0.1) is 6.61 Å². The van der Waals surface area contributed by atoms with Crippen LogP contribution in [-0.4, -0.2) is 23.3 Å². The Balaban J connectivity index is 1.96. The quantitative estimate of drug-likeness (QED) is 0.682. The minimum atomic E-state index is 0.308. The van der Waals surface area contributed by atoms with E-state index in [-0.39, 0.29) is 0 Å². The normalized spacial score (nSPS) is 41.5. The minimum Gasteiger partial charge on any atom is -0.395 e. The van der Waals surface area contributed by atoms with Crippen molar-refractivity contribution in [2.24, 2.45) is 5.92 Å². The first-order valence-electron chi connectivity index (χ1n) is 5.63. The lowest BCUT2D eigenvalue weighted by atomic mass is 9.83. The smallest absolute Gasteiger partial charge is 0.0584 e. The summed E-state index contributed by atoms with van der Waals surface area (Å²) in [5.41, 5.74) is 0.337. The van der Waals surface area contributed by atoms with Gasteiger partial charge < -0.3 is 10.4 Å². The van der Waals surface area contributed by atoms with Gasteiger partial charge in [-0.25, -0.2) is 0 Å². The minimum absolute atomic E-state index is 0.308. The van der Waals surface area contributed by atoms with Crippen LogP contribution in [0.25, 0.3) is 0 Å². The third-order valence-corrected chi connectivity index (χ3v) is 4.02. The molecule has 0 bridgehead atoms. The molecule has 2 N–H and O–H groups in total. The van der Waals surface area contributed by atoms with E-state index < -0.39 is 0 Å².